The third kappa shape index (κ3) is 3.64. The van der Waals surface area contributed by atoms with E-state index in [1.165, 1.54) is 11.3 Å². The molecule has 0 atom stereocenters. The fourth-order valence-corrected chi connectivity index (χ4v) is 2.39. The molecule has 0 aliphatic heterocycles. The average Bonchev–Trinajstić information content (AvgIpc) is 2.88. The van der Waals surface area contributed by atoms with E-state index >= 15 is 0 Å². The van der Waals surface area contributed by atoms with Crippen LogP contribution in [0.2, 0.25) is 0 Å². The molecular formula is C17H25N3O. The van der Waals surface area contributed by atoms with Gasteiger partial charge in [0.2, 0.25) is 0 Å². The molecule has 2 rings (SSSR count). The Bertz CT molecular complexity index is 575. The Morgan fingerprint density at radius 3 is 2.71 bits per heavy atom. The lowest BCUT2D eigenvalue weighted by molar-refractivity contribution is 0.411. The minimum Gasteiger partial charge on any atom is -0.494 e. The van der Waals surface area contributed by atoms with E-state index in [0.717, 1.165) is 30.8 Å². The minimum atomic E-state index is 0.467. The minimum absolute atomic E-state index is 0.467. The van der Waals surface area contributed by atoms with Crippen LogP contribution in [0.5, 0.6) is 5.75 Å². The van der Waals surface area contributed by atoms with Crippen molar-refractivity contribution < 1.29 is 4.74 Å². The number of benzene rings is 1. The number of methoxy groups -OCH3 is 1. The van der Waals surface area contributed by atoms with Gasteiger partial charge in [-0.05, 0) is 18.6 Å². The fourth-order valence-electron chi connectivity index (χ4n) is 2.39. The van der Waals surface area contributed by atoms with Crippen molar-refractivity contribution in [1.29, 1.82) is 0 Å². The summed E-state index contributed by atoms with van der Waals surface area (Å²) in [5.74, 6) is 0.848. The lowest BCUT2D eigenvalue weighted by Gasteiger charge is -2.13. The zero-order chi connectivity index (χ0) is 15.2. The molecule has 0 bridgehead atoms. The molecule has 1 aromatic carbocycles. The third-order valence-corrected chi connectivity index (χ3v) is 3.46. The molecule has 0 saturated carbocycles. The first-order valence-electron chi connectivity index (χ1n) is 7.59. The van der Waals surface area contributed by atoms with Crippen molar-refractivity contribution in [3.8, 4) is 11.4 Å². The zero-order valence-corrected chi connectivity index (χ0v) is 13.4. The SMILES string of the molecule is CCCc1c(CNC(C)C)cnn1-c1ccccc1OC. The monoisotopic (exact) mass is 287 g/mol. The van der Waals surface area contributed by atoms with E-state index in [-0.39, 0.29) is 0 Å². The summed E-state index contributed by atoms with van der Waals surface area (Å²) in [5.41, 5.74) is 3.52. The summed E-state index contributed by atoms with van der Waals surface area (Å²) in [5, 5.41) is 8.06. The molecule has 0 unspecified atom stereocenters. The van der Waals surface area contributed by atoms with Gasteiger partial charge in [-0.25, -0.2) is 4.68 Å². The Morgan fingerprint density at radius 1 is 1.29 bits per heavy atom. The van der Waals surface area contributed by atoms with E-state index in [4.69, 9.17) is 4.74 Å². The zero-order valence-electron chi connectivity index (χ0n) is 13.4. The molecule has 0 aliphatic carbocycles. The number of para-hydroxylation sites is 2. The first kappa shape index (κ1) is 15.6. The van der Waals surface area contributed by atoms with E-state index in [9.17, 15) is 0 Å². The van der Waals surface area contributed by atoms with Crippen LogP contribution < -0.4 is 10.1 Å². The van der Waals surface area contributed by atoms with Crippen molar-refractivity contribution in [3.63, 3.8) is 0 Å². The van der Waals surface area contributed by atoms with Crippen molar-refractivity contribution in [2.24, 2.45) is 0 Å². The molecule has 2 aromatic rings. The number of aromatic nitrogens is 2. The molecule has 0 aliphatic rings. The molecule has 114 valence electrons. The second-order valence-corrected chi connectivity index (χ2v) is 5.49. The number of ether oxygens (including phenoxy) is 1. The standard InChI is InChI=1S/C17H25N3O/c1-5-8-15-14(11-18-13(2)3)12-19-20(15)16-9-6-7-10-17(16)21-4/h6-7,9-10,12-13,18H,5,8,11H2,1-4H3. The summed E-state index contributed by atoms with van der Waals surface area (Å²) < 4.78 is 7.48. The smallest absolute Gasteiger partial charge is 0.144 e. The van der Waals surface area contributed by atoms with Crippen molar-refractivity contribution in [1.82, 2.24) is 15.1 Å². The van der Waals surface area contributed by atoms with Gasteiger partial charge in [-0.3, -0.25) is 0 Å². The van der Waals surface area contributed by atoms with Crippen LogP contribution in [-0.4, -0.2) is 22.9 Å². The molecule has 0 saturated heterocycles. The van der Waals surface area contributed by atoms with Gasteiger partial charge in [0.15, 0.2) is 0 Å². The Balaban J connectivity index is 2.39. The van der Waals surface area contributed by atoms with Crippen molar-refractivity contribution in [2.45, 2.75) is 46.2 Å². The van der Waals surface area contributed by atoms with Crippen molar-refractivity contribution >= 4 is 0 Å². The van der Waals surface area contributed by atoms with E-state index in [1.54, 1.807) is 7.11 Å². The van der Waals surface area contributed by atoms with Crippen LogP contribution in [0.4, 0.5) is 0 Å². The fraction of sp³-hybridized carbons (Fsp3) is 0.471. The van der Waals surface area contributed by atoms with Crippen LogP contribution in [0.25, 0.3) is 5.69 Å². The molecule has 4 heteroatoms. The molecule has 1 N–H and O–H groups in total. The van der Waals surface area contributed by atoms with Crippen LogP contribution in [0.3, 0.4) is 0 Å². The first-order valence-corrected chi connectivity index (χ1v) is 7.59. The summed E-state index contributed by atoms with van der Waals surface area (Å²) in [4.78, 5) is 0. The molecular weight excluding hydrogens is 262 g/mol. The van der Waals surface area contributed by atoms with Gasteiger partial charge >= 0.3 is 0 Å². The number of nitrogens with one attached hydrogen (secondary N) is 1. The van der Waals surface area contributed by atoms with Gasteiger partial charge in [0, 0.05) is 23.8 Å². The second kappa shape index (κ2) is 7.27. The highest BCUT2D eigenvalue weighted by Crippen LogP contribution is 2.25. The molecule has 0 spiro atoms. The Labute approximate surface area is 127 Å². The van der Waals surface area contributed by atoms with Gasteiger partial charge in [-0.2, -0.15) is 5.10 Å². The topological polar surface area (TPSA) is 39.1 Å². The maximum atomic E-state index is 5.46. The normalized spacial score (nSPS) is 11.1. The first-order chi connectivity index (χ1) is 10.2. The number of hydrogen-bond acceptors (Lipinski definition) is 3. The summed E-state index contributed by atoms with van der Waals surface area (Å²) in [6, 6.07) is 8.48. The maximum Gasteiger partial charge on any atom is 0.144 e. The van der Waals surface area contributed by atoms with Crippen LogP contribution in [0, 0.1) is 0 Å². The van der Waals surface area contributed by atoms with E-state index < -0.39 is 0 Å². The van der Waals surface area contributed by atoms with Gasteiger partial charge in [-0.1, -0.05) is 39.3 Å². The maximum absolute atomic E-state index is 5.46. The van der Waals surface area contributed by atoms with E-state index in [0.29, 0.717) is 6.04 Å². The number of rotatable bonds is 7. The van der Waals surface area contributed by atoms with Gasteiger partial charge in [0.25, 0.3) is 0 Å². The highest BCUT2D eigenvalue weighted by atomic mass is 16.5. The molecule has 21 heavy (non-hydrogen) atoms. The Morgan fingerprint density at radius 2 is 2.05 bits per heavy atom. The third-order valence-electron chi connectivity index (χ3n) is 3.46. The van der Waals surface area contributed by atoms with E-state index in [2.05, 4.69) is 31.2 Å². The molecule has 1 heterocycles. The van der Waals surface area contributed by atoms with Crippen LogP contribution in [0.1, 0.15) is 38.4 Å². The summed E-state index contributed by atoms with van der Waals surface area (Å²) in [7, 11) is 1.70. The summed E-state index contributed by atoms with van der Waals surface area (Å²) in [6.45, 7) is 7.36. The second-order valence-electron chi connectivity index (χ2n) is 5.49. The van der Waals surface area contributed by atoms with Crippen molar-refractivity contribution in [3.05, 3.63) is 41.7 Å². The van der Waals surface area contributed by atoms with Crippen LogP contribution >= 0.6 is 0 Å². The molecule has 0 fully saturated rings. The average molecular weight is 287 g/mol. The van der Waals surface area contributed by atoms with Gasteiger partial charge in [0.1, 0.15) is 11.4 Å². The van der Waals surface area contributed by atoms with Crippen molar-refractivity contribution in [2.75, 3.05) is 7.11 Å². The Kier molecular flexibility index (Phi) is 5.39. The largest absolute Gasteiger partial charge is 0.494 e. The summed E-state index contributed by atoms with van der Waals surface area (Å²) in [6.07, 6.45) is 4.06. The predicted molar refractivity (Wildman–Crippen MR) is 86.1 cm³/mol. The molecule has 0 radical (unpaired) electrons. The molecule has 0 amide bonds. The van der Waals surface area contributed by atoms with Gasteiger partial charge in [-0.15, -0.1) is 0 Å². The highest BCUT2D eigenvalue weighted by Gasteiger charge is 2.14. The lowest BCUT2D eigenvalue weighted by atomic mass is 10.1. The Hall–Kier alpha value is -1.81. The predicted octanol–water partition coefficient (Wildman–Crippen LogP) is 3.33. The molecule has 1 aromatic heterocycles. The molecule has 4 nitrogen and oxygen atoms in total. The number of hydrogen-bond donors (Lipinski definition) is 1. The highest BCUT2D eigenvalue weighted by molar-refractivity contribution is 5.47. The lowest BCUT2D eigenvalue weighted by Crippen LogP contribution is -2.22. The van der Waals surface area contributed by atoms with Gasteiger partial charge < -0.3 is 10.1 Å². The van der Waals surface area contributed by atoms with Crippen LogP contribution in [-0.2, 0) is 13.0 Å². The quantitative estimate of drug-likeness (QED) is 0.849. The van der Waals surface area contributed by atoms with E-state index in [1.807, 2.05) is 35.1 Å². The van der Waals surface area contributed by atoms with Gasteiger partial charge in [0.05, 0.1) is 13.3 Å². The summed E-state index contributed by atoms with van der Waals surface area (Å²) >= 11 is 0. The number of nitrogens with zero attached hydrogens (tertiary/aromatic N) is 2. The van der Waals surface area contributed by atoms with Crippen LogP contribution in [0.15, 0.2) is 30.5 Å².